The van der Waals surface area contributed by atoms with Crippen LogP contribution in [0.3, 0.4) is 0 Å². The summed E-state index contributed by atoms with van der Waals surface area (Å²) in [6, 6.07) is 1.76. The first-order chi connectivity index (χ1) is 20.1. The first-order valence-electron chi connectivity index (χ1n) is 14.9. The highest BCUT2D eigenvalue weighted by molar-refractivity contribution is 6.01. The highest BCUT2D eigenvalue weighted by atomic mass is 16.7. The van der Waals surface area contributed by atoms with Gasteiger partial charge in [-0.15, -0.1) is 0 Å². The maximum absolute atomic E-state index is 14.9. The summed E-state index contributed by atoms with van der Waals surface area (Å²) in [5.41, 5.74) is -7.06. The molecule has 6 fully saturated rings. The lowest BCUT2D eigenvalue weighted by Crippen LogP contribution is -2.83. The average molecular weight is 599 g/mol. The molecular formula is C32H38O11. The van der Waals surface area contributed by atoms with Gasteiger partial charge in [0.2, 0.25) is 0 Å². The lowest BCUT2D eigenvalue weighted by atomic mass is 9.36. The number of ether oxygens (including phenoxy) is 5. The number of cyclic esters (lactones) is 1. The molecular weight excluding hydrogens is 560 g/mol. The minimum atomic E-state index is -2.28. The van der Waals surface area contributed by atoms with E-state index in [9.17, 15) is 24.3 Å². The van der Waals surface area contributed by atoms with Crippen molar-refractivity contribution in [2.24, 2.45) is 28.1 Å². The number of allylic oxidation sites excluding steroid dienone is 1. The number of hydrogen-bond donors (Lipinski definition) is 1. The fourth-order valence-electron chi connectivity index (χ4n) is 10.2. The van der Waals surface area contributed by atoms with E-state index in [2.05, 4.69) is 0 Å². The summed E-state index contributed by atoms with van der Waals surface area (Å²) in [4.78, 5) is 54.3. The zero-order valence-corrected chi connectivity index (χ0v) is 25.4. The molecule has 3 aliphatic carbocycles. The Morgan fingerprint density at radius 3 is 2.51 bits per heavy atom. The number of rotatable bonds is 5. The molecule has 6 aliphatic rings. The van der Waals surface area contributed by atoms with Crippen LogP contribution < -0.4 is 0 Å². The van der Waals surface area contributed by atoms with E-state index in [0.717, 1.165) is 0 Å². The highest BCUT2D eigenvalue weighted by Gasteiger charge is 3.02. The third-order valence-corrected chi connectivity index (χ3v) is 12.2. The third kappa shape index (κ3) is 3.01. The van der Waals surface area contributed by atoms with Gasteiger partial charge in [0.1, 0.15) is 29.5 Å². The molecule has 0 aromatic carbocycles. The number of esters is 3. The molecule has 11 heteroatoms. The second kappa shape index (κ2) is 8.37. The van der Waals surface area contributed by atoms with E-state index in [1.807, 2.05) is 6.92 Å². The van der Waals surface area contributed by atoms with E-state index >= 15 is 0 Å². The Bertz CT molecular complexity index is 1480. The van der Waals surface area contributed by atoms with Crippen molar-refractivity contribution in [1.29, 1.82) is 0 Å². The van der Waals surface area contributed by atoms with Crippen molar-refractivity contribution in [2.75, 3.05) is 7.11 Å². The van der Waals surface area contributed by atoms with Gasteiger partial charge in [-0.1, -0.05) is 26.8 Å². The minimum absolute atomic E-state index is 0.0211. The Kier molecular flexibility index (Phi) is 5.59. The quantitative estimate of drug-likeness (QED) is 0.230. The number of Topliss-reactive ketones (excluding diaryl/α,β-unsaturated/α-hetero) is 1. The maximum Gasteiger partial charge on any atom is 0.333 e. The first-order valence-corrected chi connectivity index (χ1v) is 14.9. The van der Waals surface area contributed by atoms with Gasteiger partial charge < -0.3 is 33.2 Å². The molecule has 0 radical (unpaired) electrons. The van der Waals surface area contributed by atoms with Crippen molar-refractivity contribution in [2.45, 2.75) is 102 Å². The molecule has 0 amide bonds. The van der Waals surface area contributed by atoms with Crippen LogP contribution in [0.25, 0.3) is 0 Å². The fourth-order valence-corrected chi connectivity index (χ4v) is 10.2. The molecule has 2 bridgehead atoms. The number of fused-ring (bicyclic) bond motifs is 4. The molecule has 7 rings (SSSR count). The van der Waals surface area contributed by atoms with Crippen LogP contribution in [-0.4, -0.2) is 71.0 Å². The van der Waals surface area contributed by atoms with E-state index in [4.69, 9.17) is 28.1 Å². The Morgan fingerprint density at radius 1 is 1.16 bits per heavy atom. The lowest BCUT2D eigenvalue weighted by molar-refractivity contribution is -0.247. The summed E-state index contributed by atoms with van der Waals surface area (Å²) in [5, 5.41) is 12.7. The summed E-state index contributed by atoms with van der Waals surface area (Å²) in [6.45, 7) is 10.6. The number of methoxy groups -OCH3 is 1. The fraction of sp³-hybridized carbons (Fsp3) is 0.688. The predicted octanol–water partition coefficient (Wildman–Crippen LogP) is 2.99. The number of aliphatic hydroxyl groups is 1. The van der Waals surface area contributed by atoms with Gasteiger partial charge in [0.05, 0.1) is 44.0 Å². The third-order valence-electron chi connectivity index (χ3n) is 12.2. The second-order valence-electron chi connectivity index (χ2n) is 14.3. The van der Waals surface area contributed by atoms with Crippen LogP contribution in [0.1, 0.15) is 72.5 Å². The lowest BCUT2D eigenvalue weighted by Gasteiger charge is -2.65. The van der Waals surface area contributed by atoms with Crippen molar-refractivity contribution in [3.8, 4) is 0 Å². The zero-order valence-electron chi connectivity index (χ0n) is 25.4. The van der Waals surface area contributed by atoms with Gasteiger partial charge >= 0.3 is 17.9 Å². The van der Waals surface area contributed by atoms with E-state index in [-0.39, 0.29) is 12.8 Å². The van der Waals surface area contributed by atoms with Gasteiger partial charge in [-0.25, -0.2) is 4.79 Å². The Balaban J connectivity index is 1.43. The Labute approximate surface area is 249 Å². The number of carbonyl (C=O) groups excluding carboxylic acids is 4. The normalized spacial score (nSPS) is 48.5. The van der Waals surface area contributed by atoms with Crippen molar-refractivity contribution in [1.82, 2.24) is 0 Å². The van der Waals surface area contributed by atoms with Gasteiger partial charge in [-0.05, 0) is 39.2 Å². The Hall–Kier alpha value is -3.02. The molecule has 2 spiro atoms. The average Bonchev–Trinajstić information content (AvgIpc) is 3.83. The van der Waals surface area contributed by atoms with Crippen LogP contribution in [-0.2, 0) is 42.9 Å². The SMILES string of the molecule is CC=C(C)C(=O)OC1C(C)(C)C(CC(=O)OC)C2(C)C(=O)C1(O)C1OC13C1CC(=O)OC(c4ccoc4)C1(C)CC1OC123. The molecule has 3 saturated heterocycles. The van der Waals surface area contributed by atoms with E-state index in [1.54, 1.807) is 53.0 Å². The van der Waals surface area contributed by atoms with Crippen molar-refractivity contribution in [3.63, 3.8) is 0 Å². The van der Waals surface area contributed by atoms with Crippen LogP contribution in [0.15, 0.2) is 34.7 Å². The van der Waals surface area contributed by atoms with Crippen LogP contribution >= 0.6 is 0 Å². The number of ketones is 1. The minimum Gasteiger partial charge on any atom is -0.472 e. The van der Waals surface area contributed by atoms with Crippen LogP contribution in [0.5, 0.6) is 0 Å². The second-order valence-corrected chi connectivity index (χ2v) is 14.3. The van der Waals surface area contributed by atoms with E-state index in [0.29, 0.717) is 17.6 Å². The molecule has 4 heterocycles. The largest absolute Gasteiger partial charge is 0.472 e. The molecule has 11 atom stereocenters. The standard InChI is InChI=1S/C32H38O11/c1-8-15(2)23(35)41-25-27(3,4)17(11-20(33)38-7)29(6)24(36)30(25,37)26-31(43-26)18-12-21(34)40-22(16-9-10-39-14-16)28(18,5)13-19-32(29,31)42-19/h8-10,14,17-19,22,25-26,37H,11-13H2,1-7H3. The summed E-state index contributed by atoms with van der Waals surface area (Å²) in [5.74, 6) is -3.57. The molecule has 1 aromatic heterocycles. The van der Waals surface area contributed by atoms with Gasteiger partial charge in [-0.3, -0.25) is 14.4 Å². The number of epoxide rings is 2. The number of hydrogen-bond acceptors (Lipinski definition) is 11. The zero-order chi connectivity index (χ0) is 31.1. The van der Waals surface area contributed by atoms with Crippen molar-refractivity contribution >= 4 is 23.7 Å². The number of carbonyl (C=O) groups is 4. The summed E-state index contributed by atoms with van der Waals surface area (Å²) in [6.07, 6.45) is 1.25. The molecule has 3 aliphatic heterocycles. The van der Waals surface area contributed by atoms with Gasteiger partial charge in [0, 0.05) is 27.9 Å². The van der Waals surface area contributed by atoms with Crippen molar-refractivity contribution in [3.05, 3.63) is 35.8 Å². The van der Waals surface area contributed by atoms with Crippen LogP contribution in [0.2, 0.25) is 0 Å². The van der Waals surface area contributed by atoms with E-state index in [1.165, 1.54) is 13.4 Å². The molecule has 1 aromatic rings. The van der Waals surface area contributed by atoms with Gasteiger partial charge in [0.15, 0.2) is 11.4 Å². The Morgan fingerprint density at radius 2 is 1.88 bits per heavy atom. The molecule has 232 valence electrons. The monoisotopic (exact) mass is 598 g/mol. The van der Waals surface area contributed by atoms with E-state index < -0.39 is 93.0 Å². The summed E-state index contributed by atoms with van der Waals surface area (Å²) < 4.78 is 35.7. The maximum atomic E-state index is 14.9. The van der Waals surface area contributed by atoms with Crippen LogP contribution in [0.4, 0.5) is 0 Å². The topological polar surface area (TPSA) is 154 Å². The highest BCUT2D eigenvalue weighted by Crippen LogP contribution is 2.85. The van der Waals surface area contributed by atoms with Crippen molar-refractivity contribution < 1.29 is 52.4 Å². The number of furan rings is 1. The smallest absolute Gasteiger partial charge is 0.333 e. The molecule has 11 nitrogen and oxygen atoms in total. The molecule has 43 heavy (non-hydrogen) atoms. The summed E-state index contributed by atoms with van der Waals surface area (Å²) >= 11 is 0. The first kappa shape index (κ1) is 28.7. The van der Waals surface area contributed by atoms with Crippen LogP contribution in [0, 0.1) is 28.1 Å². The molecule has 1 N–H and O–H groups in total. The summed E-state index contributed by atoms with van der Waals surface area (Å²) in [7, 11) is 1.28. The van der Waals surface area contributed by atoms with Gasteiger partial charge in [-0.2, -0.15) is 0 Å². The molecule has 11 unspecified atom stereocenters. The van der Waals surface area contributed by atoms with Gasteiger partial charge in [0.25, 0.3) is 0 Å². The predicted molar refractivity (Wildman–Crippen MR) is 145 cm³/mol. The molecule has 3 saturated carbocycles.